The molecule has 0 saturated heterocycles. The molecule has 0 aliphatic heterocycles. The molecule has 8 rings (SSSR count). The van der Waals surface area contributed by atoms with E-state index in [1.807, 2.05) is 73.1 Å². The van der Waals surface area contributed by atoms with Crippen LogP contribution in [-0.4, -0.2) is 19.9 Å². The lowest BCUT2D eigenvalue weighted by Crippen LogP contribution is -2.00. The van der Waals surface area contributed by atoms with Crippen LogP contribution in [0.5, 0.6) is 0 Å². The van der Waals surface area contributed by atoms with Crippen molar-refractivity contribution in [3.63, 3.8) is 0 Å². The molecule has 4 heteroatoms. The molecule has 2 aromatic heterocycles. The molecule has 0 N–H and O–H groups in total. The quantitative estimate of drug-likeness (QED) is 0.191. The van der Waals surface area contributed by atoms with E-state index in [1.54, 1.807) is 0 Å². The lowest BCUT2D eigenvalue weighted by Gasteiger charge is -2.15. The van der Waals surface area contributed by atoms with E-state index in [4.69, 9.17) is 15.0 Å². The zero-order chi connectivity index (χ0) is 30.2. The molecule has 0 saturated carbocycles. The van der Waals surface area contributed by atoms with Gasteiger partial charge in [0.25, 0.3) is 0 Å². The minimum atomic E-state index is 0.627. The molecular formula is C41H28N4. The number of rotatable bonds is 5. The Kier molecular flexibility index (Phi) is 6.65. The highest BCUT2D eigenvalue weighted by molar-refractivity contribution is 6.14. The number of nitrogens with zero attached hydrogens (tertiary/aromatic N) is 4. The van der Waals surface area contributed by atoms with Crippen LogP contribution in [0.25, 0.3) is 78.0 Å². The topological polar surface area (TPSA) is 51.6 Å². The van der Waals surface area contributed by atoms with Crippen molar-refractivity contribution < 1.29 is 0 Å². The van der Waals surface area contributed by atoms with Crippen molar-refractivity contribution in [2.45, 2.75) is 6.92 Å². The highest BCUT2D eigenvalue weighted by Gasteiger charge is 2.17. The Bertz CT molecular complexity index is 2270. The minimum absolute atomic E-state index is 0.627. The third-order valence-corrected chi connectivity index (χ3v) is 8.30. The number of aryl methyl sites for hydroxylation is 1. The molecule has 0 aliphatic rings. The van der Waals surface area contributed by atoms with Gasteiger partial charge in [-0.25, -0.2) is 15.0 Å². The van der Waals surface area contributed by atoms with Crippen LogP contribution in [0.2, 0.25) is 0 Å². The van der Waals surface area contributed by atoms with E-state index in [0.29, 0.717) is 17.5 Å². The summed E-state index contributed by atoms with van der Waals surface area (Å²) in [5.74, 6) is 1.91. The van der Waals surface area contributed by atoms with E-state index in [9.17, 15) is 0 Å². The van der Waals surface area contributed by atoms with Crippen LogP contribution < -0.4 is 0 Å². The highest BCUT2D eigenvalue weighted by atomic mass is 15.0. The maximum atomic E-state index is 5.07. The molecule has 0 fully saturated rings. The Morgan fingerprint density at radius 1 is 0.400 bits per heavy atom. The molecule has 4 nitrogen and oxygen atoms in total. The number of hydrogen-bond donors (Lipinski definition) is 0. The van der Waals surface area contributed by atoms with E-state index >= 15 is 0 Å². The Morgan fingerprint density at radius 2 is 0.911 bits per heavy atom. The summed E-state index contributed by atoms with van der Waals surface area (Å²) in [6, 6.07) is 48.5. The number of pyridine rings is 1. The van der Waals surface area contributed by atoms with Crippen molar-refractivity contribution in [3.8, 4) is 56.4 Å². The van der Waals surface area contributed by atoms with Gasteiger partial charge in [-0.15, -0.1) is 0 Å². The maximum Gasteiger partial charge on any atom is 0.164 e. The van der Waals surface area contributed by atoms with Gasteiger partial charge in [0.2, 0.25) is 0 Å². The normalized spacial score (nSPS) is 11.2. The second-order valence-electron chi connectivity index (χ2n) is 11.2. The molecule has 212 valence electrons. The number of fused-ring (bicyclic) bond motifs is 3. The molecule has 6 aromatic carbocycles. The Morgan fingerprint density at radius 3 is 1.56 bits per heavy atom. The predicted octanol–water partition coefficient (Wildman–Crippen LogP) is 10.2. The van der Waals surface area contributed by atoms with Gasteiger partial charge in [-0.05, 0) is 86.6 Å². The van der Waals surface area contributed by atoms with E-state index in [0.717, 1.165) is 38.9 Å². The first-order valence-corrected chi connectivity index (χ1v) is 15.1. The van der Waals surface area contributed by atoms with Crippen molar-refractivity contribution in [2.75, 3.05) is 0 Å². The number of benzene rings is 6. The molecule has 0 bridgehead atoms. The summed E-state index contributed by atoms with van der Waals surface area (Å²) in [6.07, 6.45) is 3.76. The zero-order valence-electron chi connectivity index (χ0n) is 24.7. The zero-order valence-corrected chi connectivity index (χ0v) is 24.7. The summed E-state index contributed by atoms with van der Waals surface area (Å²) in [4.78, 5) is 19.4. The van der Waals surface area contributed by atoms with Crippen LogP contribution in [0.1, 0.15) is 5.56 Å². The maximum absolute atomic E-state index is 5.07. The van der Waals surface area contributed by atoms with Crippen molar-refractivity contribution >= 4 is 21.5 Å². The van der Waals surface area contributed by atoms with Crippen molar-refractivity contribution in [1.29, 1.82) is 0 Å². The lowest BCUT2D eigenvalue weighted by atomic mass is 9.90. The van der Waals surface area contributed by atoms with Gasteiger partial charge in [0, 0.05) is 29.1 Å². The first-order valence-electron chi connectivity index (χ1n) is 15.1. The fraction of sp³-hybridized carbons (Fsp3) is 0.0244. The summed E-state index contributed by atoms with van der Waals surface area (Å²) in [7, 11) is 0. The van der Waals surface area contributed by atoms with E-state index in [2.05, 4.69) is 90.8 Å². The Balaban J connectivity index is 1.42. The van der Waals surface area contributed by atoms with Gasteiger partial charge in [-0.2, -0.15) is 0 Å². The molecule has 0 spiro atoms. The third-order valence-electron chi connectivity index (χ3n) is 8.30. The van der Waals surface area contributed by atoms with Crippen LogP contribution in [0, 0.1) is 6.92 Å². The predicted molar refractivity (Wildman–Crippen MR) is 185 cm³/mol. The van der Waals surface area contributed by atoms with Crippen molar-refractivity contribution in [3.05, 3.63) is 157 Å². The average Bonchev–Trinajstić information content (AvgIpc) is 3.12. The van der Waals surface area contributed by atoms with Crippen molar-refractivity contribution in [2.24, 2.45) is 0 Å². The van der Waals surface area contributed by atoms with Crippen molar-refractivity contribution in [1.82, 2.24) is 19.9 Å². The SMILES string of the molecule is Cc1cnccc1-c1cc(-c2nc(-c3ccccc3)nc(-c3ccccc3)n2)cc(-c2cc3ccccc3c3ccccc23)c1. The molecule has 0 radical (unpaired) electrons. The van der Waals surface area contributed by atoms with Crippen LogP contribution >= 0.6 is 0 Å². The van der Waals surface area contributed by atoms with Crippen LogP contribution in [0.15, 0.2) is 152 Å². The third kappa shape index (κ3) is 5.02. The largest absolute Gasteiger partial charge is 0.264 e. The number of hydrogen-bond acceptors (Lipinski definition) is 4. The van der Waals surface area contributed by atoms with Crippen LogP contribution in [0.3, 0.4) is 0 Å². The molecule has 8 aromatic rings. The van der Waals surface area contributed by atoms with Gasteiger partial charge in [0.05, 0.1) is 0 Å². The molecule has 0 atom stereocenters. The first kappa shape index (κ1) is 26.6. The Hall–Kier alpha value is -6.00. The van der Waals surface area contributed by atoms with Gasteiger partial charge in [0.1, 0.15) is 0 Å². The second-order valence-corrected chi connectivity index (χ2v) is 11.2. The monoisotopic (exact) mass is 576 g/mol. The van der Waals surface area contributed by atoms with Gasteiger partial charge >= 0.3 is 0 Å². The molecule has 0 unspecified atom stereocenters. The van der Waals surface area contributed by atoms with E-state index in [-0.39, 0.29) is 0 Å². The molecular weight excluding hydrogens is 548 g/mol. The second kappa shape index (κ2) is 11.3. The fourth-order valence-corrected chi connectivity index (χ4v) is 6.10. The fourth-order valence-electron chi connectivity index (χ4n) is 6.10. The number of aromatic nitrogens is 4. The Labute approximate surface area is 261 Å². The molecule has 2 heterocycles. The summed E-state index contributed by atoms with van der Waals surface area (Å²) in [6.45, 7) is 2.10. The first-order chi connectivity index (χ1) is 22.2. The van der Waals surface area contributed by atoms with E-state index in [1.165, 1.54) is 27.1 Å². The average molecular weight is 577 g/mol. The van der Waals surface area contributed by atoms with Gasteiger partial charge in [-0.3, -0.25) is 4.98 Å². The van der Waals surface area contributed by atoms with E-state index < -0.39 is 0 Å². The molecule has 0 aliphatic carbocycles. The lowest BCUT2D eigenvalue weighted by molar-refractivity contribution is 1.07. The smallest absolute Gasteiger partial charge is 0.164 e. The minimum Gasteiger partial charge on any atom is -0.264 e. The van der Waals surface area contributed by atoms with Crippen LogP contribution in [-0.2, 0) is 0 Å². The molecule has 45 heavy (non-hydrogen) atoms. The summed E-state index contributed by atoms with van der Waals surface area (Å²) >= 11 is 0. The summed E-state index contributed by atoms with van der Waals surface area (Å²) in [5, 5.41) is 4.89. The van der Waals surface area contributed by atoms with Crippen LogP contribution in [0.4, 0.5) is 0 Å². The van der Waals surface area contributed by atoms with Gasteiger partial charge in [-0.1, -0.05) is 109 Å². The molecule has 0 amide bonds. The van der Waals surface area contributed by atoms with Gasteiger partial charge < -0.3 is 0 Å². The summed E-state index contributed by atoms with van der Waals surface area (Å²) in [5.41, 5.74) is 8.40. The summed E-state index contributed by atoms with van der Waals surface area (Å²) < 4.78 is 0. The highest BCUT2D eigenvalue weighted by Crippen LogP contribution is 2.39. The van der Waals surface area contributed by atoms with Gasteiger partial charge in [0.15, 0.2) is 17.5 Å². The standard InChI is InChI=1S/C41H28N4/c1-27-26-42-21-20-34(27)31-22-32(38-25-30-16-8-9-17-35(30)36-18-10-11-19-37(36)38)24-33(23-31)41-44-39(28-12-4-2-5-13-28)43-40(45-41)29-14-6-3-7-15-29/h2-26H,1H3.